The molecule has 1 unspecified atom stereocenters. The van der Waals surface area contributed by atoms with E-state index in [9.17, 15) is 15.2 Å². The summed E-state index contributed by atoms with van der Waals surface area (Å²) >= 11 is 0. The van der Waals surface area contributed by atoms with Crippen molar-refractivity contribution in [1.29, 1.82) is 0 Å². The summed E-state index contributed by atoms with van der Waals surface area (Å²) in [6, 6.07) is 0. The van der Waals surface area contributed by atoms with Crippen molar-refractivity contribution in [1.82, 2.24) is 19.4 Å². The van der Waals surface area contributed by atoms with Gasteiger partial charge in [0.1, 0.15) is 18.8 Å². The first-order valence-corrected chi connectivity index (χ1v) is 6.73. The number of aliphatic hydroxyl groups excluding tert-OH is 1. The molecule has 1 aliphatic heterocycles. The van der Waals surface area contributed by atoms with Gasteiger partial charge < -0.3 is 20.1 Å². The van der Waals surface area contributed by atoms with E-state index in [0.717, 1.165) is 26.2 Å². The average molecular weight is 283 g/mol. The summed E-state index contributed by atoms with van der Waals surface area (Å²) in [7, 11) is 2.08. The average Bonchev–Trinajstić information content (AvgIpc) is 2.74. The van der Waals surface area contributed by atoms with Crippen LogP contribution in [-0.2, 0) is 6.54 Å². The van der Waals surface area contributed by atoms with Crippen LogP contribution in [0.15, 0.2) is 6.20 Å². The molecule has 1 saturated heterocycles. The highest BCUT2D eigenvalue weighted by molar-refractivity contribution is 5.18. The van der Waals surface area contributed by atoms with E-state index in [0.29, 0.717) is 12.4 Å². The number of aliphatic hydroxyl groups is 1. The van der Waals surface area contributed by atoms with Crippen LogP contribution in [0.25, 0.3) is 0 Å². The number of imidazole rings is 1. The van der Waals surface area contributed by atoms with Crippen LogP contribution in [0, 0.1) is 17.0 Å². The van der Waals surface area contributed by atoms with Crippen LogP contribution in [0.5, 0.6) is 0 Å². The van der Waals surface area contributed by atoms with E-state index < -0.39 is 11.0 Å². The van der Waals surface area contributed by atoms with Gasteiger partial charge in [-0.3, -0.25) is 4.90 Å². The summed E-state index contributed by atoms with van der Waals surface area (Å²) in [6.45, 7) is 6.23. The van der Waals surface area contributed by atoms with Gasteiger partial charge in [-0.15, -0.1) is 0 Å². The molecule has 0 aromatic carbocycles. The molecule has 1 aliphatic rings. The Kier molecular flexibility index (Phi) is 4.69. The third-order valence-electron chi connectivity index (χ3n) is 3.68. The summed E-state index contributed by atoms with van der Waals surface area (Å²) in [6.07, 6.45) is 0.600. The molecule has 112 valence electrons. The first-order valence-electron chi connectivity index (χ1n) is 6.73. The molecule has 8 nitrogen and oxygen atoms in total. The van der Waals surface area contributed by atoms with E-state index in [-0.39, 0.29) is 12.4 Å². The molecule has 1 aromatic heterocycles. The van der Waals surface area contributed by atoms with Gasteiger partial charge in [-0.05, 0) is 12.0 Å². The quantitative estimate of drug-likeness (QED) is 0.590. The largest absolute Gasteiger partial charge is 0.388 e. The minimum Gasteiger partial charge on any atom is -0.388 e. The standard InChI is InChI=1S/C12H21N5O3/c1-10-13-7-12(17(19)20)16(10)9-11(18)8-15-5-3-14(2)4-6-15/h7,11,18H,3-6,8-9H2,1-2H3. The number of rotatable bonds is 5. The fraction of sp³-hybridized carbons (Fsp3) is 0.750. The number of hydrogen-bond acceptors (Lipinski definition) is 6. The molecule has 0 bridgehead atoms. The Balaban J connectivity index is 1.93. The third-order valence-corrected chi connectivity index (χ3v) is 3.68. The number of aryl methyl sites for hydroxylation is 1. The summed E-state index contributed by atoms with van der Waals surface area (Å²) in [5.74, 6) is 0.481. The molecule has 1 fully saturated rings. The predicted octanol–water partition coefficient (Wildman–Crippen LogP) is -0.292. The van der Waals surface area contributed by atoms with E-state index in [4.69, 9.17) is 0 Å². The second-order valence-electron chi connectivity index (χ2n) is 5.29. The Bertz CT molecular complexity index is 468. The summed E-state index contributed by atoms with van der Waals surface area (Å²) in [4.78, 5) is 18.8. The first kappa shape index (κ1) is 14.9. The van der Waals surface area contributed by atoms with E-state index in [1.807, 2.05) is 0 Å². The van der Waals surface area contributed by atoms with Crippen molar-refractivity contribution >= 4 is 5.82 Å². The Hall–Kier alpha value is -1.51. The van der Waals surface area contributed by atoms with Gasteiger partial charge in [0.05, 0.1) is 0 Å². The molecular weight excluding hydrogens is 262 g/mol. The Morgan fingerprint density at radius 1 is 1.40 bits per heavy atom. The molecular formula is C12H21N5O3. The highest BCUT2D eigenvalue weighted by Gasteiger charge is 2.23. The van der Waals surface area contributed by atoms with E-state index in [2.05, 4.69) is 21.8 Å². The molecule has 1 atom stereocenters. The van der Waals surface area contributed by atoms with Crippen molar-refractivity contribution in [3.8, 4) is 0 Å². The third kappa shape index (κ3) is 3.53. The number of nitro groups is 1. The van der Waals surface area contributed by atoms with Crippen LogP contribution in [0.2, 0.25) is 0 Å². The number of piperazine rings is 1. The van der Waals surface area contributed by atoms with Crippen molar-refractivity contribution in [2.45, 2.75) is 19.6 Å². The van der Waals surface area contributed by atoms with E-state index in [1.165, 1.54) is 10.8 Å². The lowest BCUT2D eigenvalue weighted by atomic mass is 10.2. The maximum atomic E-state index is 10.9. The maximum absolute atomic E-state index is 10.9. The first-order chi connectivity index (χ1) is 9.47. The van der Waals surface area contributed by atoms with Crippen LogP contribution in [0.3, 0.4) is 0 Å². The molecule has 2 rings (SSSR count). The highest BCUT2D eigenvalue weighted by Crippen LogP contribution is 2.14. The van der Waals surface area contributed by atoms with Gasteiger partial charge in [-0.2, -0.15) is 0 Å². The van der Waals surface area contributed by atoms with Crippen molar-refractivity contribution in [2.24, 2.45) is 0 Å². The van der Waals surface area contributed by atoms with Crippen molar-refractivity contribution in [2.75, 3.05) is 39.8 Å². The van der Waals surface area contributed by atoms with Gasteiger partial charge in [-0.25, -0.2) is 9.55 Å². The van der Waals surface area contributed by atoms with Gasteiger partial charge in [0.15, 0.2) is 5.82 Å². The second kappa shape index (κ2) is 6.29. The molecule has 0 aliphatic carbocycles. The van der Waals surface area contributed by atoms with E-state index >= 15 is 0 Å². The normalized spacial score (nSPS) is 19.1. The lowest BCUT2D eigenvalue weighted by molar-refractivity contribution is -0.392. The zero-order valence-corrected chi connectivity index (χ0v) is 11.9. The second-order valence-corrected chi connectivity index (χ2v) is 5.29. The number of β-amino-alcohol motifs (C(OH)–C–C–N with tert-alkyl or cyclic N) is 1. The highest BCUT2D eigenvalue weighted by atomic mass is 16.6. The number of aromatic nitrogens is 2. The van der Waals surface area contributed by atoms with Crippen LogP contribution in [0.1, 0.15) is 5.82 Å². The lowest BCUT2D eigenvalue weighted by Gasteiger charge is -2.33. The maximum Gasteiger partial charge on any atom is 0.342 e. The molecule has 0 spiro atoms. The molecule has 0 saturated carbocycles. The zero-order valence-electron chi connectivity index (χ0n) is 11.9. The van der Waals surface area contributed by atoms with Crippen molar-refractivity contribution in [3.63, 3.8) is 0 Å². The molecule has 0 amide bonds. The minimum absolute atomic E-state index is 0.0695. The number of likely N-dealkylation sites (N-methyl/N-ethyl adjacent to an activating group) is 1. The predicted molar refractivity (Wildman–Crippen MR) is 73.6 cm³/mol. The summed E-state index contributed by atoms with van der Waals surface area (Å²) < 4.78 is 1.46. The summed E-state index contributed by atoms with van der Waals surface area (Å²) in [5, 5.41) is 21.0. The smallest absolute Gasteiger partial charge is 0.342 e. The molecule has 1 N–H and O–H groups in total. The van der Waals surface area contributed by atoms with Gasteiger partial charge in [0.2, 0.25) is 0 Å². The van der Waals surface area contributed by atoms with Crippen molar-refractivity contribution < 1.29 is 10.0 Å². The van der Waals surface area contributed by atoms with Crippen molar-refractivity contribution in [3.05, 3.63) is 22.1 Å². The molecule has 8 heteroatoms. The Morgan fingerprint density at radius 3 is 2.65 bits per heavy atom. The zero-order chi connectivity index (χ0) is 14.7. The molecule has 0 radical (unpaired) electrons. The number of hydrogen-bond donors (Lipinski definition) is 1. The lowest BCUT2D eigenvalue weighted by Crippen LogP contribution is -2.47. The molecule has 20 heavy (non-hydrogen) atoms. The van der Waals surface area contributed by atoms with Crippen LogP contribution < -0.4 is 0 Å². The topological polar surface area (TPSA) is 87.7 Å². The summed E-state index contributed by atoms with van der Waals surface area (Å²) in [5.41, 5.74) is 0. The fourth-order valence-electron chi connectivity index (χ4n) is 2.42. The van der Waals surface area contributed by atoms with Crippen LogP contribution in [0.4, 0.5) is 5.82 Å². The van der Waals surface area contributed by atoms with Crippen LogP contribution >= 0.6 is 0 Å². The SMILES string of the molecule is Cc1ncc([N+](=O)[O-])n1CC(O)CN1CCN(C)CC1. The minimum atomic E-state index is -0.634. The van der Waals surface area contributed by atoms with Gasteiger partial charge >= 0.3 is 5.82 Å². The van der Waals surface area contributed by atoms with E-state index in [1.54, 1.807) is 6.92 Å². The van der Waals surface area contributed by atoms with Gasteiger partial charge in [0, 0.05) is 39.6 Å². The Labute approximate surface area is 117 Å². The van der Waals surface area contributed by atoms with Gasteiger partial charge in [-0.1, -0.05) is 0 Å². The fourth-order valence-corrected chi connectivity index (χ4v) is 2.42. The molecule has 1 aromatic rings. The Morgan fingerprint density at radius 2 is 2.05 bits per heavy atom. The molecule has 2 heterocycles. The van der Waals surface area contributed by atoms with Gasteiger partial charge in [0.25, 0.3) is 0 Å². The number of nitrogens with zero attached hydrogens (tertiary/aromatic N) is 5. The monoisotopic (exact) mass is 283 g/mol. The van der Waals surface area contributed by atoms with Crippen LogP contribution in [-0.4, -0.2) is 75.3 Å².